The molecule has 1 N–H and O–H groups in total. The van der Waals surface area contributed by atoms with Crippen LogP contribution in [0.2, 0.25) is 0 Å². The number of hydrogen-bond acceptors (Lipinski definition) is 4. The van der Waals surface area contributed by atoms with Crippen LogP contribution in [0, 0.1) is 0 Å². The van der Waals surface area contributed by atoms with Gasteiger partial charge >= 0.3 is 0 Å². The molecular formula is C16H21NO3. The average Bonchev–Trinajstić information content (AvgIpc) is 2.97. The fourth-order valence-electron chi connectivity index (χ4n) is 3.55. The molecule has 4 rings (SSSR count). The van der Waals surface area contributed by atoms with Gasteiger partial charge in [-0.25, -0.2) is 0 Å². The predicted octanol–water partition coefficient (Wildman–Crippen LogP) is 1.99. The van der Waals surface area contributed by atoms with Crippen LogP contribution in [-0.4, -0.2) is 31.9 Å². The molecule has 0 saturated carbocycles. The summed E-state index contributed by atoms with van der Waals surface area (Å²) in [6.45, 7) is 6.79. The van der Waals surface area contributed by atoms with Gasteiger partial charge < -0.3 is 19.5 Å². The molecule has 3 aliphatic rings. The van der Waals surface area contributed by atoms with Crippen LogP contribution < -0.4 is 14.8 Å². The van der Waals surface area contributed by atoms with Crippen molar-refractivity contribution in [1.82, 2.24) is 5.32 Å². The Morgan fingerprint density at radius 1 is 1.15 bits per heavy atom. The van der Waals surface area contributed by atoms with Crippen molar-refractivity contribution in [2.45, 2.75) is 45.0 Å². The fraction of sp³-hybridized carbons (Fsp3) is 0.625. The molecule has 20 heavy (non-hydrogen) atoms. The summed E-state index contributed by atoms with van der Waals surface area (Å²) >= 11 is 0. The van der Waals surface area contributed by atoms with E-state index in [1.54, 1.807) is 0 Å². The van der Waals surface area contributed by atoms with E-state index < -0.39 is 0 Å². The Morgan fingerprint density at radius 3 is 2.80 bits per heavy atom. The van der Waals surface area contributed by atoms with E-state index in [9.17, 15) is 0 Å². The maximum atomic E-state index is 6.09. The lowest BCUT2D eigenvalue weighted by atomic mass is 9.94. The Labute approximate surface area is 119 Å². The van der Waals surface area contributed by atoms with Gasteiger partial charge in [0.15, 0.2) is 0 Å². The Balaban J connectivity index is 1.83. The second kappa shape index (κ2) is 4.64. The molecule has 4 heteroatoms. The number of hydrogen-bond donors (Lipinski definition) is 1. The topological polar surface area (TPSA) is 39.7 Å². The van der Waals surface area contributed by atoms with E-state index in [2.05, 4.69) is 25.2 Å². The first-order valence-corrected chi connectivity index (χ1v) is 7.56. The highest BCUT2D eigenvalue weighted by Crippen LogP contribution is 2.46. The van der Waals surface area contributed by atoms with Gasteiger partial charge in [0.05, 0.1) is 12.7 Å². The van der Waals surface area contributed by atoms with Crippen LogP contribution in [0.4, 0.5) is 0 Å². The van der Waals surface area contributed by atoms with E-state index in [1.807, 2.05) is 0 Å². The summed E-state index contributed by atoms with van der Waals surface area (Å²) in [5.74, 6) is 2.10. The van der Waals surface area contributed by atoms with Crippen LogP contribution in [0.15, 0.2) is 6.07 Å². The lowest BCUT2D eigenvalue weighted by Gasteiger charge is -2.27. The van der Waals surface area contributed by atoms with Gasteiger partial charge in [0.2, 0.25) is 0 Å². The van der Waals surface area contributed by atoms with Gasteiger partial charge in [-0.1, -0.05) is 0 Å². The van der Waals surface area contributed by atoms with Gasteiger partial charge in [0.1, 0.15) is 23.7 Å². The van der Waals surface area contributed by atoms with Crippen molar-refractivity contribution in [2.24, 2.45) is 0 Å². The third kappa shape index (κ3) is 1.90. The van der Waals surface area contributed by atoms with Crippen LogP contribution in [0.3, 0.4) is 0 Å². The second-order valence-corrected chi connectivity index (χ2v) is 6.08. The molecule has 1 aromatic carbocycles. The molecule has 0 aliphatic carbocycles. The van der Waals surface area contributed by atoms with Crippen molar-refractivity contribution >= 4 is 0 Å². The average molecular weight is 275 g/mol. The zero-order valence-electron chi connectivity index (χ0n) is 12.1. The minimum absolute atomic E-state index is 0.0895. The fourth-order valence-corrected chi connectivity index (χ4v) is 3.55. The monoisotopic (exact) mass is 275 g/mol. The van der Waals surface area contributed by atoms with Crippen molar-refractivity contribution < 1.29 is 14.2 Å². The van der Waals surface area contributed by atoms with E-state index in [4.69, 9.17) is 14.2 Å². The predicted molar refractivity (Wildman–Crippen MR) is 75.6 cm³/mol. The first-order valence-electron chi connectivity index (χ1n) is 7.56. The minimum atomic E-state index is 0.0895. The normalized spacial score (nSPS) is 31.4. The number of morpholine rings is 1. The molecule has 1 saturated heterocycles. The molecule has 0 spiro atoms. The second-order valence-electron chi connectivity index (χ2n) is 6.08. The third-order valence-electron chi connectivity index (χ3n) is 4.36. The molecule has 0 amide bonds. The zero-order chi connectivity index (χ0) is 13.7. The number of benzene rings is 1. The zero-order valence-corrected chi connectivity index (χ0v) is 12.1. The van der Waals surface area contributed by atoms with Crippen LogP contribution in [-0.2, 0) is 17.6 Å². The highest BCUT2D eigenvalue weighted by Gasteiger charge is 2.35. The summed E-state index contributed by atoms with van der Waals surface area (Å²) in [6, 6.07) is 2.18. The van der Waals surface area contributed by atoms with E-state index in [0.717, 1.165) is 44.0 Å². The Bertz CT molecular complexity index is 501. The number of rotatable bonds is 1. The summed E-state index contributed by atoms with van der Waals surface area (Å²) in [5, 5.41) is 3.42. The number of fused-ring (bicyclic) bond motifs is 2. The van der Waals surface area contributed by atoms with Crippen molar-refractivity contribution in [3.8, 4) is 11.5 Å². The van der Waals surface area contributed by atoms with E-state index in [0.29, 0.717) is 0 Å². The van der Waals surface area contributed by atoms with Gasteiger partial charge in [-0.05, 0) is 19.9 Å². The highest BCUT2D eigenvalue weighted by atomic mass is 16.5. The lowest BCUT2D eigenvalue weighted by molar-refractivity contribution is 0.0253. The molecule has 0 aromatic heterocycles. The highest BCUT2D eigenvalue weighted by molar-refractivity contribution is 5.58. The van der Waals surface area contributed by atoms with E-state index in [1.165, 1.54) is 16.7 Å². The number of ether oxygens (including phenoxy) is 3. The van der Waals surface area contributed by atoms with Gasteiger partial charge in [-0.2, -0.15) is 0 Å². The summed E-state index contributed by atoms with van der Waals surface area (Å²) in [5.41, 5.74) is 3.80. The van der Waals surface area contributed by atoms with Crippen molar-refractivity contribution in [3.63, 3.8) is 0 Å². The number of nitrogens with one attached hydrogen (secondary N) is 1. The SMILES string of the molecule is CC1Cc2c(cc3c(c2C2CNCCO2)OC(C)C3)O1. The lowest BCUT2D eigenvalue weighted by Crippen LogP contribution is -2.34. The van der Waals surface area contributed by atoms with Gasteiger partial charge in [-0.3, -0.25) is 0 Å². The molecular weight excluding hydrogens is 254 g/mol. The Morgan fingerprint density at radius 2 is 2.00 bits per heavy atom. The van der Waals surface area contributed by atoms with Crippen LogP contribution in [0.25, 0.3) is 0 Å². The summed E-state index contributed by atoms with van der Waals surface area (Å²) in [6.07, 6.45) is 2.51. The van der Waals surface area contributed by atoms with Crippen LogP contribution in [0.1, 0.15) is 36.6 Å². The van der Waals surface area contributed by atoms with Crippen molar-refractivity contribution in [3.05, 3.63) is 22.8 Å². The molecule has 4 nitrogen and oxygen atoms in total. The van der Waals surface area contributed by atoms with Gasteiger partial charge in [0.25, 0.3) is 0 Å². The minimum Gasteiger partial charge on any atom is -0.490 e. The molecule has 1 aromatic rings. The first-order chi connectivity index (χ1) is 9.72. The largest absolute Gasteiger partial charge is 0.490 e. The molecule has 3 unspecified atom stereocenters. The standard InChI is InChI=1S/C16H21NO3/c1-9-5-11-7-13-12(6-10(2)19-13)15(16(11)20-9)14-8-17-3-4-18-14/h7,9-10,14,17H,3-6,8H2,1-2H3. The van der Waals surface area contributed by atoms with E-state index >= 15 is 0 Å². The van der Waals surface area contributed by atoms with Crippen molar-refractivity contribution in [2.75, 3.05) is 19.7 Å². The quantitative estimate of drug-likeness (QED) is 0.851. The summed E-state index contributed by atoms with van der Waals surface area (Å²) in [4.78, 5) is 0. The molecule has 1 fully saturated rings. The van der Waals surface area contributed by atoms with Crippen LogP contribution >= 0.6 is 0 Å². The summed E-state index contributed by atoms with van der Waals surface area (Å²) < 4.78 is 18.0. The Hall–Kier alpha value is -1.26. The Kier molecular flexibility index (Phi) is 2.89. The third-order valence-corrected chi connectivity index (χ3v) is 4.36. The maximum Gasteiger partial charge on any atom is 0.129 e. The van der Waals surface area contributed by atoms with Gasteiger partial charge in [0, 0.05) is 42.6 Å². The molecule has 3 heterocycles. The van der Waals surface area contributed by atoms with Crippen molar-refractivity contribution in [1.29, 1.82) is 0 Å². The molecule has 108 valence electrons. The van der Waals surface area contributed by atoms with Crippen LogP contribution in [0.5, 0.6) is 11.5 Å². The van der Waals surface area contributed by atoms with E-state index in [-0.39, 0.29) is 18.3 Å². The first kappa shape index (κ1) is 12.5. The molecule has 3 atom stereocenters. The maximum absolute atomic E-state index is 6.09. The summed E-state index contributed by atoms with van der Waals surface area (Å²) in [7, 11) is 0. The smallest absolute Gasteiger partial charge is 0.129 e. The molecule has 0 radical (unpaired) electrons. The molecule has 3 aliphatic heterocycles. The molecule has 0 bridgehead atoms. The van der Waals surface area contributed by atoms with Gasteiger partial charge in [-0.15, -0.1) is 0 Å².